The van der Waals surface area contributed by atoms with Crippen LogP contribution in [0.5, 0.6) is 0 Å². The standard InChI is InChI=1S/C14H27NO3/c1-4-6-9-18-12-8-7-11(10-12)15-13(5-2)14(16)17-3/h11-13,15H,4-10H2,1-3H3/t11?,12?,13-/m1/s1. The van der Waals surface area contributed by atoms with Gasteiger partial charge in [-0.15, -0.1) is 0 Å². The molecule has 1 rings (SSSR count). The minimum Gasteiger partial charge on any atom is -0.468 e. The summed E-state index contributed by atoms with van der Waals surface area (Å²) in [5.74, 6) is -0.159. The lowest BCUT2D eigenvalue weighted by Crippen LogP contribution is -2.42. The molecule has 3 atom stereocenters. The highest BCUT2D eigenvalue weighted by atomic mass is 16.5. The summed E-state index contributed by atoms with van der Waals surface area (Å²) in [6.07, 6.45) is 6.64. The predicted molar refractivity (Wildman–Crippen MR) is 71.5 cm³/mol. The summed E-state index contributed by atoms with van der Waals surface area (Å²) >= 11 is 0. The average Bonchev–Trinajstić information content (AvgIpc) is 2.83. The van der Waals surface area contributed by atoms with Crippen LogP contribution in [0.15, 0.2) is 0 Å². The van der Waals surface area contributed by atoms with Crippen molar-refractivity contribution in [2.24, 2.45) is 0 Å². The molecule has 18 heavy (non-hydrogen) atoms. The van der Waals surface area contributed by atoms with Gasteiger partial charge in [0.1, 0.15) is 6.04 Å². The van der Waals surface area contributed by atoms with E-state index in [9.17, 15) is 4.79 Å². The van der Waals surface area contributed by atoms with Crippen molar-refractivity contribution >= 4 is 5.97 Å². The highest BCUT2D eigenvalue weighted by Gasteiger charge is 2.28. The Bertz CT molecular complexity index is 245. The molecule has 0 aromatic heterocycles. The number of ether oxygens (including phenoxy) is 2. The number of carbonyl (C=O) groups excluding carboxylic acids is 1. The number of rotatable bonds is 8. The van der Waals surface area contributed by atoms with E-state index >= 15 is 0 Å². The van der Waals surface area contributed by atoms with Crippen LogP contribution in [-0.2, 0) is 14.3 Å². The second kappa shape index (κ2) is 8.48. The molecule has 0 aromatic carbocycles. The van der Waals surface area contributed by atoms with Gasteiger partial charge in [0.05, 0.1) is 13.2 Å². The Hall–Kier alpha value is -0.610. The Morgan fingerprint density at radius 2 is 2.17 bits per heavy atom. The van der Waals surface area contributed by atoms with Gasteiger partial charge in [-0.3, -0.25) is 4.79 Å². The highest BCUT2D eigenvalue weighted by molar-refractivity contribution is 5.75. The Labute approximate surface area is 110 Å². The van der Waals surface area contributed by atoms with Crippen LogP contribution in [0.4, 0.5) is 0 Å². The lowest BCUT2D eigenvalue weighted by atomic mass is 10.1. The molecule has 0 bridgehead atoms. The molecule has 0 saturated heterocycles. The van der Waals surface area contributed by atoms with Crippen molar-refractivity contribution in [2.45, 2.75) is 70.6 Å². The van der Waals surface area contributed by atoms with E-state index in [2.05, 4.69) is 12.2 Å². The maximum Gasteiger partial charge on any atom is 0.322 e. The predicted octanol–water partition coefficient (Wildman–Crippen LogP) is 2.27. The zero-order chi connectivity index (χ0) is 13.4. The molecule has 0 amide bonds. The molecule has 106 valence electrons. The van der Waals surface area contributed by atoms with E-state index in [-0.39, 0.29) is 12.0 Å². The van der Waals surface area contributed by atoms with E-state index in [1.807, 2.05) is 6.92 Å². The molecule has 1 aliphatic carbocycles. The molecule has 0 aliphatic heterocycles. The smallest absolute Gasteiger partial charge is 0.322 e. The second-order valence-electron chi connectivity index (χ2n) is 5.01. The van der Waals surface area contributed by atoms with Crippen molar-refractivity contribution in [1.29, 1.82) is 0 Å². The maximum absolute atomic E-state index is 11.5. The molecular weight excluding hydrogens is 230 g/mol. The van der Waals surface area contributed by atoms with Gasteiger partial charge in [-0.2, -0.15) is 0 Å². The number of hydrogen-bond donors (Lipinski definition) is 1. The van der Waals surface area contributed by atoms with Gasteiger partial charge in [0, 0.05) is 12.6 Å². The molecule has 1 N–H and O–H groups in total. The van der Waals surface area contributed by atoms with Crippen molar-refractivity contribution in [1.82, 2.24) is 5.32 Å². The summed E-state index contributed by atoms with van der Waals surface area (Å²) in [5.41, 5.74) is 0. The summed E-state index contributed by atoms with van der Waals surface area (Å²) in [6.45, 7) is 5.03. The normalized spacial score (nSPS) is 25.1. The van der Waals surface area contributed by atoms with Gasteiger partial charge in [0.25, 0.3) is 0 Å². The molecule has 1 aliphatic rings. The van der Waals surface area contributed by atoms with Crippen molar-refractivity contribution in [3.63, 3.8) is 0 Å². The van der Waals surface area contributed by atoms with Gasteiger partial charge in [-0.25, -0.2) is 0 Å². The summed E-state index contributed by atoms with van der Waals surface area (Å²) < 4.78 is 10.6. The summed E-state index contributed by atoms with van der Waals surface area (Å²) in [4.78, 5) is 11.5. The van der Waals surface area contributed by atoms with Crippen molar-refractivity contribution in [2.75, 3.05) is 13.7 Å². The number of methoxy groups -OCH3 is 1. The maximum atomic E-state index is 11.5. The Balaban J connectivity index is 2.26. The van der Waals surface area contributed by atoms with E-state index in [4.69, 9.17) is 9.47 Å². The summed E-state index contributed by atoms with van der Waals surface area (Å²) in [5, 5.41) is 3.38. The summed E-state index contributed by atoms with van der Waals surface area (Å²) in [6, 6.07) is 0.218. The van der Waals surface area contributed by atoms with Gasteiger partial charge in [-0.05, 0) is 32.1 Å². The fourth-order valence-corrected chi connectivity index (χ4v) is 2.42. The molecule has 4 heteroatoms. The van der Waals surface area contributed by atoms with Crippen LogP contribution in [0, 0.1) is 0 Å². The number of esters is 1. The van der Waals surface area contributed by atoms with Gasteiger partial charge in [0.2, 0.25) is 0 Å². The van der Waals surface area contributed by atoms with E-state index in [0.29, 0.717) is 12.1 Å². The fourth-order valence-electron chi connectivity index (χ4n) is 2.42. The van der Waals surface area contributed by atoms with E-state index in [0.717, 1.165) is 38.7 Å². The van der Waals surface area contributed by atoms with Crippen molar-refractivity contribution in [3.05, 3.63) is 0 Å². The molecule has 0 heterocycles. The van der Waals surface area contributed by atoms with Crippen molar-refractivity contribution in [3.8, 4) is 0 Å². The number of hydrogen-bond acceptors (Lipinski definition) is 4. The van der Waals surface area contributed by atoms with Crippen LogP contribution in [0.25, 0.3) is 0 Å². The number of carbonyl (C=O) groups is 1. The summed E-state index contributed by atoms with van der Waals surface area (Å²) in [7, 11) is 1.44. The van der Waals surface area contributed by atoms with Crippen LogP contribution in [-0.4, -0.2) is 37.9 Å². The van der Waals surface area contributed by atoms with E-state index in [1.54, 1.807) is 0 Å². The Morgan fingerprint density at radius 1 is 1.39 bits per heavy atom. The number of unbranched alkanes of at least 4 members (excludes halogenated alkanes) is 1. The highest BCUT2D eigenvalue weighted by Crippen LogP contribution is 2.23. The molecule has 0 radical (unpaired) electrons. The minimum absolute atomic E-state index is 0.159. The Kier molecular flexibility index (Phi) is 7.28. The topological polar surface area (TPSA) is 47.6 Å². The van der Waals surface area contributed by atoms with E-state index in [1.165, 1.54) is 13.5 Å². The third-order valence-electron chi connectivity index (χ3n) is 3.57. The monoisotopic (exact) mass is 257 g/mol. The van der Waals surface area contributed by atoms with Crippen LogP contribution in [0.2, 0.25) is 0 Å². The van der Waals surface area contributed by atoms with Crippen LogP contribution < -0.4 is 5.32 Å². The quantitative estimate of drug-likeness (QED) is 0.535. The third kappa shape index (κ3) is 4.94. The molecule has 1 saturated carbocycles. The van der Waals surface area contributed by atoms with Crippen molar-refractivity contribution < 1.29 is 14.3 Å². The molecule has 0 aromatic rings. The zero-order valence-corrected chi connectivity index (χ0v) is 11.9. The Morgan fingerprint density at radius 3 is 2.78 bits per heavy atom. The molecule has 0 spiro atoms. The average molecular weight is 257 g/mol. The van der Waals surface area contributed by atoms with Crippen LogP contribution in [0.1, 0.15) is 52.4 Å². The lowest BCUT2D eigenvalue weighted by molar-refractivity contribution is -0.143. The first-order chi connectivity index (χ1) is 8.71. The third-order valence-corrected chi connectivity index (χ3v) is 3.57. The second-order valence-corrected chi connectivity index (χ2v) is 5.01. The molecule has 1 fully saturated rings. The largest absolute Gasteiger partial charge is 0.468 e. The lowest BCUT2D eigenvalue weighted by Gasteiger charge is -2.20. The van der Waals surface area contributed by atoms with Gasteiger partial charge in [0.15, 0.2) is 0 Å². The van der Waals surface area contributed by atoms with Crippen LogP contribution >= 0.6 is 0 Å². The van der Waals surface area contributed by atoms with Gasteiger partial charge >= 0.3 is 5.97 Å². The molecule has 4 nitrogen and oxygen atoms in total. The van der Waals surface area contributed by atoms with Crippen LogP contribution in [0.3, 0.4) is 0 Å². The van der Waals surface area contributed by atoms with Gasteiger partial charge in [-0.1, -0.05) is 20.3 Å². The minimum atomic E-state index is -0.172. The first-order valence-electron chi connectivity index (χ1n) is 7.16. The van der Waals surface area contributed by atoms with E-state index < -0.39 is 0 Å². The molecule has 2 unspecified atom stereocenters. The SMILES string of the molecule is CCCCOC1CCC(N[C@H](CC)C(=O)OC)C1. The number of nitrogens with one attached hydrogen (secondary N) is 1. The molecular formula is C14H27NO3. The zero-order valence-electron chi connectivity index (χ0n) is 11.9. The first-order valence-corrected chi connectivity index (χ1v) is 7.16. The van der Waals surface area contributed by atoms with Gasteiger partial charge < -0.3 is 14.8 Å². The first kappa shape index (κ1) is 15.4. The fraction of sp³-hybridized carbons (Fsp3) is 0.929.